The minimum atomic E-state index is -0.712. The SMILES string of the molecule is COc1ccc(N2C(=O)N[C@H](CCC(=O)NCCn3ccnc3C)C2=O)cc1. The standard InChI is InChI=1S/C19H23N5O4/c1-13-20-9-11-23(13)12-10-21-17(25)8-7-16-18(26)24(19(27)22-16)14-3-5-15(28-2)6-4-14/h3-6,9,11,16H,7-8,10,12H2,1-2H3,(H,21,25)(H,22,27)/t16-/m1/s1. The lowest BCUT2D eigenvalue weighted by atomic mass is 10.1. The fraction of sp³-hybridized carbons (Fsp3) is 0.368. The number of urea groups is 1. The summed E-state index contributed by atoms with van der Waals surface area (Å²) in [6, 6.07) is 5.44. The van der Waals surface area contributed by atoms with Crippen LogP contribution in [-0.2, 0) is 16.1 Å². The highest BCUT2D eigenvalue weighted by Gasteiger charge is 2.38. The first-order valence-electron chi connectivity index (χ1n) is 9.02. The normalized spacial score (nSPS) is 16.2. The third-order valence-corrected chi connectivity index (χ3v) is 4.61. The molecule has 0 spiro atoms. The summed E-state index contributed by atoms with van der Waals surface area (Å²) >= 11 is 0. The predicted octanol–water partition coefficient (Wildman–Crippen LogP) is 1.22. The Kier molecular flexibility index (Phi) is 5.93. The molecule has 1 aromatic carbocycles. The van der Waals surface area contributed by atoms with Gasteiger partial charge in [-0.05, 0) is 37.6 Å². The number of methoxy groups -OCH3 is 1. The Hall–Kier alpha value is -3.36. The summed E-state index contributed by atoms with van der Waals surface area (Å²) in [7, 11) is 1.54. The molecule has 9 heteroatoms. The highest BCUT2D eigenvalue weighted by Crippen LogP contribution is 2.23. The maximum Gasteiger partial charge on any atom is 0.329 e. The Labute approximate surface area is 162 Å². The van der Waals surface area contributed by atoms with Crippen molar-refractivity contribution in [2.45, 2.75) is 32.4 Å². The number of imide groups is 1. The molecule has 3 rings (SSSR count). The number of nitrogens with one attached hydrogen (secondary N) is 2. The number of carbonyl (C=O) groups is 3. The lowest BCUT2D eigenvalue weighted by Gasteiger charge is -2.13. The zero-order valence-corrected chi connectivity index (χ0v) is 15.8. The molecule has 0 bridgehead atoms. The molecular formula is C19H23N5O4. The van der Waals surface area contributed by atoms with Gasteiger partial charge in [-0.1, -0.05) is 0 Å². The van der Waals surface area contributed by atoms with Gasteiger partial charge in [0.1, 0.15) is 17.6 Å². The molecule has 28 heavy (non-hydrogen) atoms. The number of hydrogen-bond donors (Lipinski definition) is 2. The molecule has 1 saturated heterocycles. The van der Waals surface area contributed by atoms with Gasteiger partial charge in [-0.3, -0.25) is 9.59 Å². The van der Waals surface area contributed by atoms with E-state index in [2.05, 4.69) is 15.6 Å². The van der Waals surface area contributed by atoms with Crippen molar-refractivity contribution in [1.82, 2.24) is 20.2 Å². The van der Waals surface area contributed by atoms with Gasteiger partial charge in [0.15, 0.2) is 0 Å². The Balaban J connectivity index is 1.48. The molecule has 1 fully saturated rings. The summed E-state index contributed by atoms with van der Waals surface area (Å²) in [5.74, 6) is 0.988. The van der Waals surface area contributed by atoms with E-state index in [9.17, 15) is 14.4 Å². The van der Waals surface area contributed by atoms with Gasteiger partial charge in [-0.25, -0.2) is 14.7 Å². The molecule has 1 aromatic heterocycles. The van der Waals surface area contributed by atoms with Gasteiger partial charge < -0.3 is 19.9 Å². The quantitative estimate of drug-likeness (QED) is 0.665. The molecule has 9 nitrogen and oxygen atoms in total. The van der Waals surface area contributed by atoms with Crippen LogP contribution in [0.25, 0.3) is 0 Å². The molecule has 2 aromatic rings. The van der Waals surface area contributed by atoms with Gasteiger partial charge in [0.2, 0.25) is 5.91 Å². The van der Waals surface area contributed by atoms with Crippen LogP contribution in [-0.4, -0.2) is 47.1 Å². The molecule has 0 unspecified atom stereocenters. The second-order valence-corrected chi connectivity index (χ2v) is 6.43. The van der Waals surface area contributed by atoms with Crippen LogP contribution in [0.2, 0.25) is 0 Å². The topological polar surface area (TPSA) is 106 Å². The van der Waals surface area contributed by atoms with Crippen molar-refractivity contribution >= 4 is 23.5 Å². The molecule has 1 aliphatic heterocycles. The number of benzene rings is 1. The molecule has 0 aliphatic carbocycles. The van der Waals surface area contributed by atoms with Crippen molar-refractivity contribution in [1.29, 1.82) is 0 Å². The number of ether oxygens (including phenoxy) is 1. The number of rotatable bonds is 8. The largest absolute Gasteiger partial charge is 0.497 e. The molecule has 148 valence electrons. The van der Waals surface area contributed by atoms with Crippen LogP contribution in [0.4, 0.5) is 10.5 Å². The van der Waals surface area contributed by atoms with Crippen molar-refractivity contribution < 1.29 is 19.1 Å². The van der Waals surface area contributed by atoms with Crippen LogP contribution in [0.1, 0.15) is 18.7 Å². The Morgan fingerprint density at radius 1 is 1.29 bits per heavy atom. The van der Waals surface area contributed by atoms with Crippen molar-refractivity contribution in [3.05, 3.63) is 42.5 Å². The highest BCUT2D eigenvalue weighted by molar-refractivity contribution is 6.21. The first-order chi connectivity index (χ1) is 13.5. The van der Waals surface area contributed by atoms with E-state index in [1.54, 1.807) is 37.6 Å². The second kappa shape index (κ2) is 8.55. The van der Waals surface area contributed by atoms with Crippen molar-refractivity contribution in [2.24, 2.45) is 0 Å². The van der Waals surface area contributed by atoms with E-state index in [0.29, 0.717) is 24.5 Å². The van der Waals surface area contributed by atoms with Crippen LogP contribution in [0, 0.1) is 6.92 Å². The number of aromatic nitrogens is 2. The highest BCUT2D eigenvalue weighted by atomic mass is 16.5. The number of hydrogen-bond acceptors (Lipinski definition) is 5. The van der Waals surface area contributed by atoms with Gasteiger partial charge in [-0.15, -0.1) is 0 Å². The first-order valence-corrected chi connectivity index (χ1v) is 9.02. The lowest BCUT2D eigenvalue weighted by molar-refractivity contribution is -0.121. The van der Waals surface area contributed by atoms with Gasteiger partial charge >= 0.3 is 6.03 Å². The van der Waals surface area contributed by atoms with Crippen molar-refractivity contribution in [3.63, 3.8) is 0 Å². The van der Waals surface area contributed by atoms with Gasteiger partial charge in [0.25, 0.3) is 5.91 Å². The predicted molar refractivity (Wildman–Crippen MR) is 102 cm³/mol. The summed E-state index contributed by atoms with van der Waals surface area (Å²) in [6.45, 7) is 2.99. The lowest BCUT2D eigenvalue weighted by Crippen LogP contribution is -2.33. The zero-order valence-electron chi connectivity index (χ0n) is 15.8. The average Bonchev–Trinajstić information content (AvgIpc) is 3.22. The van der Waals surface area contributed by atoms with E-state index in [-0.39, 0.29) is 24.7 Å². The van der Waals surface area contributed by atoms with Gasteiger partial charge in [-0.2, -0.15) is 0 Å². The summed E-state index contributed by atoms with van der Waals surface area (Å²) in [6.07, 6.45) is 3.95. The van der Waals surface area contributed by atoms with Crippen molar-refractivity contribution in [2.75, 3.05) is 18.6 Å². The van der Waals surface area contributed by atoms with E-state index in [1.807, 2.05) is 17.7 Å². The number of nitrogens with zero attached hydrogens (tertiary/aromatic N) is 3. The summed E-state index contributed by atoms with van der Waals surface area (Å²) in [5.41, 5.74) is 0.464. The fourth-order valence-electron chi connectivity index (χ4n) is 3.02. The number of carbonyl (C=O) groups excluding carboxylic acids is 3. The van der Waals surface area contributed by atoms with Crippen LogP contribution < -0.4 is 20.3 Å². The smallest absolute Gasteiger partial charge is 0.329 e. The molecule has 4 amide bonds. The van der Waals surface area contributed by atoms with E-state index >= 15 is 0 Å². The molecule has 0 radical (unpaired) electrons. The van der Waals surface area contributed by atoms with Crippen molar-refractivity contribution in [3.8, 4) is 5.75 Å². The molecule has 0 saturated carbocycles. The first kappa shape index (κ1) is 19.4. The maximum absolute atomic E-state index is 12.6. The zero-order chi connectivity index (χ0) is 20.1. The molecular weight excluding hydrogens is 362 g/mol. The molecule has 1 atom stereocenters. The number of aryl methyl sites for hydroxylation is 1. The monoisotopic (exact) mass is 385 g/mol. The van der Waals surface area contributed by atoms with Gasteiger partial charge in [0.05, 0.1) is 12.8 Å². The summed E-state index contributed by atoms with van der Waals surface area (Å²) < 4.78 is 7.02. The average molecular weight is 385 g/mol. The molecule has 1 aliphatic rings. The van der Waals surface area contributed by atoms with E-state index < -0.39 is 12.1 Å². The minimum absolute atomic E-state index is 0.149. The Bertz CT molecular complexity index is 861. The Morgan fingerprint density at radius 3 is 2.68 bits per heavy atom. The second-order valence-electron chi connectivity index (χ2n) is 6.43. The number of anilines is 1. The van der Waals surface area contributed by atoms with Crippen LogP contribution in [0.3, 0.4) is 0 Å². The van der Waals surface area contributed by atoms with E-state index in [4.69, 9.17) is 4.74 Å². The Morgan fingerprint density at radius 2 is 2.04 bits per heavy atom. The summed E-state index contributed by atoms with van der Waals surface area (Å²) in [5, 5.41) is 5.45. The number of imidazole rings is 1. The van der Waals surface area contributed by atoms with Crippen LogP contribution in [0.15, 0.2) is 36.7 Å². The summed E-state index contributed by atoms with van der Waals surface area (Å²) in [4.78, 5) is 42.0. The maximum atomic E-state index is 12.6. The van der Waals surface area contributed by atoms with E-state index in [1.165, 1.54) is 0 Å². The third kappa shape index (κ3) is 4.30. The minimum Gasteiger partial charge on any atom is -0.497 e. The fourth-order valence-corrected chi connectivity index (χ4v) is 3.02. The number of amides is 4. The van der Waals surface area contributed by atoms with Gasteiger partial charge in [0, 0.05) is 31.9 Å². The van der Waals surface area contributed by atoms with E-state index in [0.717, 1.165) is 10.7 Å². The van der Waals surface area contributed by atoms with Crippen LogP contribution in [0.5, 0.6) is 5.75 Å². The molecule has 2 heterocycles. The third-order valence-electron chi connectivity index (χ3n) is 4.61. The molecule has 2 N–H and O–H groups in total. The van der Waals surface area contributed by atoms with Crippen LogP contribution >= 0.6 is 0 Å².